The number of aromatic nitrogens is 3. The highest BCUT2D eigenvalue weighted by atomic mass is 35.5. The number of rotatable bonds is 6. The number of hydrogen-bond acceptors (Lipinski definition) is 6. The van der Waals surface area contributed by atoms with E-state index in [9.17, 15) is 9.59 Å². The molecule has 40 heavy (non-hydrogen) atoms. The van der Waals surface area contributed by atoms with Crippen molar-refractivity contribution in [1.82, 2.24) is 24.6 Å². The summed E-state index contributed by atoms with van der Waals surface area (Å²) in [5.74, 6) is 0.613. The Morgan fingerprint density at radius 3 is 2.62 bits per heavy atom. The number of carbonyl (C=O) groups excluding carboxylic acids is 2. The highest BCUT2D eigenvalue weighted by molar-refractivity contribution is 7.12. The van der Waals surface area contributed by atoms with E-state index >= 15 is 0 Å². The van der Waals surface area contributed by atoms with Crippen LogP contribution in [0, 0.1) is 0 Å². The summed E-state index contributed by atoms with van der Waals surface area (Å²) in [6, 6.07) is 14.4. The molecule has 1 fully saturated rings. The third-order valence-corrected chi connectivity index (χ3v) is 7.96. The predicted octanol–water partition coefficient (Wildman–Crippen LogP) is 6.16. The molecule has 1 saturated heterocycles. The Hall–Kier alpha value is -3.89. The van der Waals surface area contributed by atoms with Crippen LogP contribution < -0.4 is 10.1 Å². The minimum Gasteiger partial charge on any atom is -0.497 e. The first-order chi connectivity index (χ1) is 19.2. The number of thiazole rings is 1. The molecule has 1 atom stereocenters. The average Bonchev–Trinajstić information content (AvgIpc) is 3.61. The molecule has 0 spiro atoms. The summed E-state index contributed by atoms with van der Waals surface area (Å²) in [4.78, 5) is 35.1. The number of nitrogens with one attached hydrogen (secondary N) is 1. The van der Waals surface area contributed by atoms with Crippen molar-refractivity contribution in [2.45, 2.75) is 32.7 Å². The molecule has 1 aliphatic heterocycles. The maximum atomic E-state index is 13.7. The Balaban J connectivity index is 1.30. The summed E-state index contributed by atoms with van der Waals surface area (Å²) in [6.45, 7) is 7.30. The largest absolute Gasteiger partial charge is 0.497 e. The van der Waals surface area contributed by atoms with Gasteiger partial charge >= 0.3 is 6.03 Å². The lowest BCUT2D eigenvalue weighted by Gasteiger charge is -2.39. The highest BCUT2D eigenvalue weighted by Crippen LogP contribution is 2.30. The standard InChI is InChI=1S/C29H31ClN6O3S/c1-18(2)26-24(15-31-36(26)29-33-25(17-40-29)20-8-10-21(30)11-9-20)27(37)34-12-13-35(19(3)16-34)28(38)32-22-6-5-7-23(14-22)39-4/h5-11,14-15,17-19H,12-13,16H2,1-4H3,(H,32,38). The third kappa shape index (κ3) is 5.68. The van der Waals surface area contributed by atoms with Gasteiger partial charge in [0.05, 0.1) is 30.3 Å². The summed E-state index contributed by atoms with van der Waals surface area (Å²) in [7, 11) is 1.59. The van der Waals surface area contributed by atoms with Crippen LogP contribution in [0.4, 0.5) is 10.5 Å². The summed E-state index contributed by atoms with van der Waals surface area (Å²) < 4.78 is 7.01. The molecule has 0 aliphatic carbocycles. The molecule has 3 heterocycles. The quantitative estimate of drug-likeness (QED) is 0.296. The molecule has 1 aliphatic rings. The molecule has 2 aromatic heterocycles. The van der Waals surface area contributed by atoms with Gasteiger partial charge in [-0.05, 0) is 37.1 Å². The maximum Gasteiger partial charge on any atom is 0.322 e. The van der Waals surface area contributed by atoms with Crippen LogP contribution in [0.3, 0.4) is 0 Å². The minimum absolute atomic E-state index is 0.0386. The number of urea groups is 1. The number of amides is 3. The summed E-state index contributed by atoms with van der Waals surface area (Å²) in [5, 5.41) is 10.9. The van der Waals surface area contributed by atoms with Crippen molar-refractivity contribution in [3.63, 3.8) is 0 Å². The Labute approximate surface area is 242 Å². The lowest BCUT2D eigenvalue weighted by molar-refractivity contribution is 0.0590. The van der Waals surface area contributed by atoms with E-state index in [1.807, 2.05) is 68.6 Å². The van der Waals surface area contributed by atoms with E-state index in [2.05, 4.69) is 10.4 Å². The van der Waals surface area contributed by atoms with Gasteiger partial charge in [0.2, 0.25) is 5.13 Å². The van der Waals surface area contributed by atoms with Gasteiger partial charge in [-0.25, -0.2) is 14.5 Å². The van der Waals surface area contributed by atoms with Crippen LogP contribution in [0.1, 0.15) is 42.7 Å². The van der Waals surface area contributed by atoms with Crippen molar-refractivity contribution in [2.24, 2.45) is 0 Å². The third-order valence-electron chi connectivity index (χ3n) is 6.89. The number of nitrogens with zero attached hydrogens (tertiary/aromatic N) is 5. The monoisotopic (exact) mass is 578 g/mol. The van der Waals surface area contributed by atoms with Crippen molar-refractivity contribution in [1.29, 1.82) is 0 Å². The highest BCUT2D eigenvalue weighted by Gasteiger charge is 2.33. The van der Waals surface area contributed by atoms with E-state index in [1.54, 1.807) is 33.9 Å². The SMILES string of the molecule is COc1cccc(NC(=O)N2CCN(C(=O)c3cnn(-c4nc(-c5ccc(Cl)cc5)cs4)c3C(C)C)CC2C)c1. The van der Waals surface area contributed by atoms with E-state index in [-0.39, 0.29) is 23.9 Å². The van der Waals surface area contributed by atoms with Crippen LogP contribution in [0.2, 0.25) is 5.02 Å². The molecule has 1 N–H and O–H groups in total. The molecule has 1 unspecified atom stereocenters. The molecular weight excluding hydrogens is 548 g/mol. The van der Waals surface area contributed by atoms with Crippen LogP contribution >= 0.6 is 22.9 Å². The van der Waals surface area contributed by atoms with E-state index in [0.29, 0.717) is 46.8 Å². The zero-order chi connectivity index (χ0) is 28.4. The lowest BCUT2D eigenvalue weighted by Crippen LogP contribution is -2.56. The Morgan fingerprint density at radius 1 is 1.15 bits per heavy atom. The van der Waals surface area contributed by atoms with E-state index in [1.165, 1.54) is 11.3 Å². The van der Waals surface area contributed by atoms with Gasteiger partial charge < -0.3 is 19.9 Å². The molecule has 2 aromatic carbocycles. The molecule has 9 nitrogen and oxygen atoms in total. The topological polar surface area (TPSA) is 92.6 Å². The van der Waals surface area contributed by atoms with Crippen molar-refractivity contribution in [2.75, 3.05) is 32.1 Å². The van der Waals surface area contributed by atoms with E-state index in [0.717, 1.165) is 17.0 Å². The molecule has 11 heteroatoms. The number of carbonyl (C=O) groups is 2. The number of anilines is 1. The van der Waals surface area contributed by atoms with Gasteiger partial charge in [-0.3, -0.25) is 4.79 Å². The number of ether oxygens (including phenoxy) is 1. The maximum absolute atomic E-state index is 13.7. The molecule has 208 valence electrons. The normalized spacial score (nSPS) is 15.4. The van der Waals surface area contributed by atoms with Crippen molar-refractivity contribution in [3.05, 3.63) is 76.4 Å². The summed E-state index contributed by atoms with van der Waals surface area (Å²) >= 11 is 7.51. The second kappa shape index (κ2) is 11.7. The van der Waals surface area contributed by atoms with Gasteiger partial charge in [0, 0.05) is 53.4 Å². The molecule has 4 aromatic rings. The number of benzene rings is 2. The van der Waals surface area contributed by atoms with Gasteiger partial charge in [-0.15, -0.1) is 11.3 Å². The second-order valence-corrected chi connectivity index (χ2v) is 11.3. The molecule has 3 amide bonds. The first-order valence-corrected chi connectivity index (χ1v) is 14.3. The van der Waals surface area contributed by atoms with E-state index < -0.39 is 0 Å². The second-order valence-electron chi connectivity index (χ2n) is 9.99. The first kappa shape index (κ1) is 27.7. The van der Waals surface area contributed by atoms with Crippen LogP contribution in [0.25, 0.3) is 16.4 Å². The van der Waals surface area contributed by atoms with Crippen LogP contribution in [0.15, 0.2) is 60.1 Å². The number of halogens is 1. The smallest absolute Gasteiger partial charge is 0.322 e. The molecule has 0 radical (unpaired) electrons. The Bertz CT molecular complexity index is 1520. The van der Waals surface area contributed by atoms with Crippen LogP contribution in [-0.4, -0.2) is 69.3 Å². The number of piperazine rings is 1. The number of methoxy groups -OCH3 is 1. The van der Waals surface area contributed by atoms with Crippen molar-refractivity contribution < 1.29 is 14.3 Å². The molecular formula is C29H31ClN6O3S. The van der Waals surface area contributed by atoms with Gasteiger partial charge in [0.25, 0.3) is 5.91 Å². The van der Waals surface area contributed by atoms with Gasteiger partial charge in [0.1, 0.15) is 5.75 Å². The van der Waals surface area contributed by atoms with Crippen molar-refractivity contribution >= 4 is 40.6 Å². The summed E-state index contributed by atoms with van der Waals surface area (Å²) in [5.41, 5.74) is 3.81. The fraction of sp³-hybridized carbons (Fsp3) is 0.310. The summed E-state index contributed by atoms with van der Waals surface area (Å²) in [6.07, 6.45) is 1.63. The fourth-order valence-corrected chi connectivity index (χ4v) is 5.78. The predicted molar refractivity (Wildman–Crippen MR) is 158 cm³/mol. The van der Waals surface area contributed by atoms with Crippen molar-refractivity contribution in [3.8, 4) is 22.1 Å². The number of hydrogen-bond donors (Lipinski definition) is 1. The van der Waals surface area contributed by atoms with Gasteiger partial charge in [0.15, 0.2) is 0 Å². The van der Waals surface area contributed by atoms with Crippen LogP contribution in [0.5, 0.6) is 5.75 Å². The van der Waals surface area contributed by atoms with Crippen LogP contribution in [-0.2, 0) is 0 Å². The molecule has 0 saturated carbocycles. The Morgan fingerprint density at radius 2 is 1.93 bits per heavy atom. The Kier molecular flexibility index (Phi) is 8.09. The zero-order valence-corrected chi connectivity index (χ0v) is 24.4. The van der Waals surface area contributed by atoms with E-state index in [4.69, 9.17) is 21.3 Å². The molecule has 0 bridgehead atoms. The molecule has 5 rings (SSSR count). The zero-order valence-electron chi connectivity index (χ0n) is 22.8. The minimum atomic E-state index is -0.205. The lowest BCUT2D eigenvalue weighted by atomic mass is 10.0. The van der Waals surface area contributed by atoms with Gasteiger partial charge in [-0.1, -0.05) is 43.6 Å². The average molecular weight is 579 g/mol. The fourth-order valence-electron chi connectivity index (χ4n) is 4.86. The first-order valence-electron chi connectivity index (χ1n) is 13.1. The van der Waals surface area contributed by atoms with Gasteiger partial charge in [-0.2, -0.15) is 5.10 Å².